The van der Waals surface area contributed by atoms with E-state index in [0.29, 0.717) is 5.92 Å². The van der Waals surface area contributed by atoms with Crippen LogP contribution in [0.2, 0.25) is 0 Å². The Morgan fingerprint density at radius 2 is 2.18 bits per heavy atom. The number of nitrogens with one attached hydrogen (secondary N) is 1. The molecule has 0 radical (unpaired) electrons. The van der Waals surface area contributed by atoms with Crippen molar-refractivity contribution in [2.24, 2.45) is 5.92 Å². The molecule has 0 aromatic heterocycles. The summed E-state index contributed by atoms with van der Waals surface area (Å²) in [4.78, 5) is 0. The molecule has 0 aliphatic heterocycles. The third kappa shape index (κ3) is 4.83. The van der Waals surface area contributed by atoms with Crippen LogP contribution in [0.1, 0.15) is 20.3 Å². The normalized spacial score (nSPS) is 13.0. The Balaban J connectivity index is 3.46. The van der Waals surface area contributed by atoms with E-state index in [1.165, 1.54) is 0 Å². The highest BCUT2D eigenvalue weighted by molar-refractivity contribution is 4.85. The van der Waals surface area contributed by atoms with Crippen LogP contribution in [0.5, 0.6) is 0 Å². The van der Waals surface area contributed by atoms with Gasteiger partial charge in [-0.05, 0) is 5.92 Å². The molecule has 0 aromatic carbocycles. The van der Waals surface area contributed by atoms with Crippen LogP contribution in [-0.4, -0.2) is 24.3 Å². The lowest BCUT2D eigenvalue weighted by molar-refractivity contribution is 0.212. The highest BCUT2D eigenvalue weighted by atomic mass is 16.3. The lowest BCUT2D eigenvalue weighted by Gasteiger charge is -2.18. The van der Waals surface area contributed by atoms with Gasteiger partial charge in [0.05, 0.1) is 6.61 Å². The van der Waals surface area contributed by atoms with Gasteiger partial charge in [-0.1, -0.05) is 13.8 Å². The molecule has 0 aliphatic rings. The summed E-state index contributed by atoms with van der Waals surface area (Å²) in [6, 6.07) is 0.184. The summed E-state index contributed by atoms with van der Waals surface area (Å²) in [6.45, 7) is 5.12. The Labute approximate surface area is 69.0 Å². The first-order valence-electron chi connectivity index (χ1n) is 4.00. The Morgan fingerprint density at radius 3 is 2.55 bits per heavy atom. The summed E-state index contributed by atoms with van der Waals surface area (Å²) in [6.07, 6.45) is 5.81. The fourth-order valence-corrected chi connectivity index (χ4v) is 0.841. The minimum Gasteiger partial charge on any atom is -0.395 e. The van der Waals surface area contributed by atoms with Crippen LogP contribution in [0, 0.1) is 18.3 Å². The van der Waals surface area contributed by atoms with Gasteiger partial charge >= 0.3 is 0 Å². The monoisotopic (exact) mass is 155 g/mol. The van der Waals surface area contributed by atoms with E-state index >= 15 is 0 Å². The fourth-order valence-electron chi connectivity index (χ4n) is 0.841. The molecule has 0 saturated heterocycles. The molecule has 2 heteroatoms. The molecule has 64 valence electrons. The third-order valence-electron chi connectivity index (χ3n) is 1.68. The second-order valence-corrected chi connectivity index (χ2v) is 2.94. The van der Waals surface area contributed by atoms with Gasteiger partial charge in [0.15, 0.2) is 0 Å². The fraction of sp³-hybridized carbons (Fsp3) is 0.778. The maximum absolute atomic E-state index is 8.88. The molecule has 0 spiro atoms. The third-order valence-corrected chi connectivity index (χ3v) is 1.68. The number of aliphatic hydroxyl groups excluding tert-OH is 1. The predicted octanol–water partition coefficient (Wildman–Crippen LogP) is 0.616. The quantitative estimate of drug-likeness (QED) is 0.450. The lowest BCUT2D eigenvalue weighted by atomic mass is 10.1. The van der Waals surface area contributed by atoms with Gasteiger partial charge in [-0.15, -0.1) is 12.3 Å². The summed E-state index contributed by atoms with van der Waals surface area (Å²) in [7, 11) is 0. The Bertz CT molecular complexity index is 126. The molecule has 2 nitrogen and oxygen atoms in total. The molecule has 1 atom stereocenters. The summed E-state index contributed by atoms with van der Waals surface area (Å²) < 4.78 is 0. The van der Waals surface area contributed by atoms with Crippen molar-refractivity contribution in [3.8, 4) is 12.3 Å². The van der Waals surface area contributed by atoms with E-state index in [-0.39, 0.29) is 12.6 Å². The second kappa shape index (κ2) is 6.21. The average molecular weight is 155 g/mol. The second-order valence-electron chi connectivity index (χ2n) is 2.94. The van der Waals surface area contributed by atoms with Crippen LogP contribution in [0.25, 0.3) is 0 Å². The smallest absolute Gasteiger partial charge is 0.0587 e. The first-order chi connectivity index (χ1) is 5.22. The number of aliphatic hydroxyl groups is 1. The topological polar surface area (TPSA) is 32.3 Å². The molecule has 0 aliphatic carbocycles. The van der Waals surface area contributed by atoms with Gasteiger partial charge in [-0.2, -0.15) is 0 Å². The van der Waals surface area contributed by atoms with Crippen LogP contribution in [-0.2, 0) is 0 Å². The zero-order valence-corrected chi connectivity index (χ0v) is 7.30. The highest BCUT2D eigenvalue weighted by Gasteiger charge is 2.09. The standard InChI is InChI=1S/C9H17NO/c1-4-5-6-10-9(7-11)8(2)3/h1,8-11H,5-7H2,2-3H3/t9-/m1/s1. The van der Waals surface area contributed by atoms with E-state index in [9.17, 15) is 0 Å². The first kappa shape index (κ1) is 10.5. The molecule has 0 bridgehead atoms. The van der Waals surface area contributed by atoms with Crippen LogP contribution in [0.15, 0.2) is 0 Å². The van der Waals surface area contributed by atoms with E-state index in [2.05, 4.69) is 25.1 Å². The van der Waals surface area contributed by atoms with Crippen molar-refractivity contribution in [2.75, 3.05) is 13.2 Å². The van der Waals surface area contributed by atoms with Gasteiger partial charge in [-0.3, -0.25) is 0 Å². The van der Waals surface area contributed by atoms with E-state index < -0.39 is 0 Å². The Hall–Kier alpha value is -0.520. The molecule has 0 aromatic rings. The first-order valence-corrected chi connectivity index (χ1v) is 4.00. The maximum Gasteiger partial charge on any atom is 0.0587 e. The van der Waals surface area contributed by atoms with Crippen molar-refractivity contribution < 1.29 is 5.11 Å². The largest absolute Gasteiger partial charge is 0.395 e. The van der Waals surface area contributed by atoms with E-state index in [0.717, 1.165) is 13.0 Å². The van der Waals surface area contributed by atoms with Crippen molar-refractivity contribution in [3.63, 3.8) is 0 Å². The summed E-state index contributed by atoms with van der Waals surface area (Å²) in [5.41, 5.74) is 0. The van der Waals surface area contributed by atoms with E-state index in [1.54, 1.807) is 0 Å². The number of hydrogen-bond donors (Lipinski definition) is 2. The maximum atomic E-state index is 8.88. The molecule has 2 N–H and O–H groups in total. The molecule has 0 rings (SSSR count). The lowest BCUT2D eigenvalue weighted by Crippen LogP contribution is -2.37. The zero-order valence-electron chi connectivity index (χ0n) is 7.30. The molecule has 11 heavy (non-hydrogen) atoms. The molecule has 0 unspecified atom stereocenters. The van der Waals surface area contributed by atoms with Crippen molar-refractivity contribution >= 4 is 0 Å². The van der Waals surface area contributed by atoms with Crippen molar-refractivity contribution in [3.05, 3.63) is 0 Å². The van der Waals surface area contributed by atoms with Gasteiger partial charge in [0.1, 0.15) is 0 Å². The summed E-state index contributed by atoms with van der Waals surface area (Å²) in [5.74, 6) is 3.00. The van der Waals surface area contributed by atoms with Gasteiger partial charge in [0, 0.05) is 19.0 Å². The number of rotatable bonds is 5. The van der Waals surface area contributed by atoms with Gasteiger partial charge in [0.2, 0.25) is 0 Å². The van der Waals surface area contributed by atoms with Crippen LogP contribution in [0.4, 0.5) is 0 Å². The Morgan fingerprint density at radius 1 is 1.55 bits per heavy atom. The number of hydrogen-bond acceptors (Lipinski definition) is 2. The van der Waals surface area contributed by atoms with Gasteiger partial charge in [0.25, 0.3) is 0 Å². The summed E-state index contributed by atoms with van der Waals surface area (Å²) >= 11 is 0. The van der Waals surface area contributed by atoms with E-state index in [4.69, 9.17) is 11.5 Å². The molecule has 0 fully saturated rings. The molecule has 0 saturated carbocycles. The molecular weight excluding hydrogens is 138 g/mol. The van der Waals surface area contributed by atoms with Crippen molar-refractivity contribution in [2.45, 2.75) is 26.3 Å². The predicted molar refractivity (Wildman–Crippen MR) is 47.2 cm³/mol. The van der Waals surface area contributed by atoms with Gasteiger partial charge < -0.3 is 10.4 Å². The van der Waals surface area contributed by atoms with Crippen LogP contribution < -0.4 is 5.32 Å². The van der Waals surface area contributed by atoms with Crippen molar-refractivity contribution in [1.29, 1.82) is 0 Å². The van der Waals surface area contributed by atoms with Crippen molar-refractivity contribution in [1.82, 2.24) is 5.32 Å². The van der Waals surface area contributed by atoms with Gasteiger partial charge in [-0.25, -0.2) is 0 Å². The van der Waals surface area contributed by atoms with Crippen LogP contribution in [0.3, 0.4) is 0 Å². The SMILES string of the molecule is C#CCCN[C@H](CO)C(C)C. The molecule has 0 amide bonds. The minimum absolute atomic E-state index is 0.183. The van der Waals surface area contributed by atoms with Crippen LogP contribution >= 0.6 is 0 Å². The van der Waals surface area contributed by atoms with E-state index in [1.807, 2.05) is 0 Å². The summed E-state index contributed by atoms with van der Waals surface area (Å²) in [5, 5.41) is 12.1. The molecule has 0 heterocycles. The minimum atomic E-state index is 0.183. The number of terminal acetylenes is 1. The average Bonchev–Trinajstić information content (AvgIpc) is 1.97. The highest BCUT2D eigenvalue weighted by Crippen LogP contribution is 1.99. The zero-order chi connectivity index (χ0) is 8.69. The molecular formula is C9H17NO. The Kier molecular flexibility index (Phi) is 5.91.